The zero-order valence-corrected chi connectivity index (χ0v) is 13.3. The Labute approximate surface area is 130 Å². The van der Waals surface area contributed by atoms with Gasteiger partial charge in [-0.25, -0.2) is 0 Å². The lowest BCUT2D eigenvalue weighted by atomic mass is 10.2. The molecule has 114 valence electrons. The number of carbonyl (C=O) groups is 1. The van der Waals surface area contributed by atoms with Gasteiger partial charge < -0.3 is 15.2 Å². The number of likely N-dealkylation sites (N-methyl/N-ethyl adjacent to an activating group) is 1. The highest BCUT2D eigenvalue weighted by Gasteiger charge is 2.11. The predicted molar refractivity (Wildman–Crippen MR) is 87.6 cm³/mol. The molecule has 0 fully saturated rings. The summed E-state index contributed by atoms with van der Waals surface area (Å²) < 4.78 is 1.97. The summed E-state index contributed by atoms with van der Waals surface area (Å²) in [4.78, 5) is 11.8. The highest BCUT2D eigenvalue weighted by atomic mass is 35.5. The average molecular weight is 308 g/mol. The Bertz CT molecular complexity index is 621. The molecular formula is C16H22ClN3O. The summed E-state index contributed by atoms with van der Waals surface area (Å²) in [5.74, 6) is 0.0162. The molecule has 0 aliphatic heterocycles. The minimum atomic E-state index is 0.0162. The lowest BCUT2D eigenvalue weighted by Gasteiger charge is -2.05. The lowest BCUT2D eigenvalue weighted by Crippen LogP contribution is -2.26. The standard InChI is InChI=1S/C16H22ClN3O/c1-3-7-18-9-12-10-20(11-16(21)19-4-2)15-8-13(17)5-6-14(12)15/h5-6,8,10,18H,3-4,7,9,11H2,1-2H3,(H,19,21). The van der Waals surface area contributed by atoms with Gasteiger partial charge in [-0.3, -0.25) is 4.79 Å². The van der Waals surface area contributed by atoms with E-state index in [-0.39, 0.29) is 5.91 Å². The second-order valence-electron chi connectivity index (χ2n) is 5.07. The van der Waals surface area contributed by atoms with Crippen molar-refractivity contribution >= 4 is 28.4 Å². The van der Waals surface area contributed by atoms with Gasteiger partial charge >= 0.3 is 0 Å². The highest BCUT2D eigenvalue weighted by molar-refractivity contribution is 6.31. The molecule has 0 radical (unpaired) electrons. The quantitative estimate of drug-likeness (QED) is 0.773. The van der Waals surface area contributed by atoms with Crippen LogP contribution in [0.2, 0.25) is 5.02 Å². The first-order valence-corrected chi connectivity index (χ1v) is 7.78. The van der Waals surface area contributed by atoms with Crippen molar-refractivity contribution in [1.29, 1.82) is 0 Å². The topological polar surface area (TPSA) is 46.1 Å². The molecule has 2 aromatic rings. The van der Waals surface area contributed by atoms with Crippen LogP contribution in [-0.2, 0) is 17.9 Å². The van der Waals surface area contributed by atoms with Gasteiger partial charge in [0.1, 0.15) is 6.54 Å². The van der Waals surface area contributed by atoms with E-state index in [0.717, 1.165) is 30.4 Å². The number of aromatic nitrogens is 1. The highest BCUT2D eigenvalue weighted by Crippen LogP contribution is 2.25. The number of nitrogens with zero attached hydrogens (tertiary/aromatic N) is 1. The van der Waals surface area contributed by atoms with Gasteiger partial charge in [-0.05, 0) is 37.6 Å². The smallest absolute Gasteiger partial charge is 0.239 e. The molecule has 2 N–H and O–H groups in total. The first-order chi connectivity index (χ1) is 10.2. The van der Waals surface area contributed by atoms with Crippen LogP contribution in [0, 0.1) is 0 Å². The molecular weight excluding hydrogens is 286 g/mol. The molecule has 2 rings (SSSR count). The van der Waals surface area contributed by atoms with Gasteiger partial charge in [-0.1, -0.05) is 24.6 Å². The summed E-state index contributed by atoms with van der Waals surface area (Å²) in [6.07, 6.45) is 3.14. The van der Waals surface area contributed by atoms with Crippen molar-refractivity contribution in [2.45, 2.75) is 33.4 Å². The number of nitrogens with one attached hydrogen (secondary N) is 2. The van der Waals surface area contributed by atoms with Crippen molar-refractivity contribution in [3.63, 3.8) is 0 Å². The van der Waals surface area contributed by atoms with Crippen LogP contribution >= 0.6 is 11.6 Å². The number of hydrogen-bond donors (Lipinski definition) is 2. The Hall–Kier alpha value is -1.52. The Morgan fingerprint density at radius 1 is 1.33 bits per heavy atom. The zero-order chi connectivity index (χ0) is 15.2. The van der Waals surface area contributed by atoms with E-state index in [0.29, 0.717) is 18.1 Å². The second-order valence-corrected chi connectivity index (χ2v) is 5.51. The van der Waals surface area contributed by atoms with E-state index in [2.05, 4.69) is 17.6 Å². The van der Waals surface area contributed by atoms with Gasteiger partial charge in [0.2, 0.25) is 5.91 Å². The number of carbonyl (C=O) groups excluding carboxylic acids is 1. The van der Waals surface area contributed by atoms with Gasteiger partial charge in [0, 0.05) is 29.7 Å². The monoisotopic (exact) mass is 307 g/mol. The second kappa shape index (κ2) is 7.48. The molecule has 0 bridgehead atoms. The molecule has 0 saturated carbocycles. The molecule has 0 spiro atoms. The van der Waals surface area contributed by atoms with Crippen LogP contribution < -0.4 is 10.6 Å². The van der Waals surface area contributed by atoms with Crippen molar-refractivity contribution in [2.24, 2.45) is 0 Å². The molecule has 4 nitrogen and oxygen atoms in total. The first kappa shape index (κ1) is 15.9. The van der Waals surface area contributed by atoms with Gasteiger partial charge in [0.15, 0.2) is 0 Å². The Morgan fingerprint density at radius 2 is 2.14 bits per heavy atom. The van der Waals surface area contributed by atoms with Gasteiger partial charge in [-0.15, -0.1) is 0 Å². The van der Waals surface area contributed by atoms with E-state index in [1.807, 2.05) is 35.9 Å². The van der Waals surface area contributed by atoms with Gasteiger partial charge in [0.05, 0.1) is 5.52 Å². The first-order valence-electron chi connectivity index (χ1n) is 7.40. The Balaban J connectivity index is 2.30. The van der Waals surface area contributed by atoms with Crippen LogP contribution in [0.25, 0.3) is 10.9 Å². The molecule has 1 aromatic heterocycles. The molecule has 0 aliphatic rings. The summed E-state index contributed by atoms with van der Waals surface area (Å²) in [6, 6.07) is 5.83. The van der Waals surface area contributed by atoms with Crippen LogP contribution in [0.3, 0.4) is 0 Å². The lowest BCUT2D eigenvalue weighted by molar-refractivity contribution is -0.121. The van der Waals surface area contributed by atoms with Crippen molar-refractivity contribution in [3.05, 3.63) is 35.0 Å². The summed E-state index contributed by atoms with van der Waals surface area (Å²) >= 11 is 6.09. The summed E-state index contributed by atoms with van der Waals surface area (Å²) in [6.45, 7) is 6.81. The van der Waals surface area contributed by atoms with E-state index in [9.17, 15) is 4.79 Å². The maximum atomic E-state index is 11.8. The van der Waals surface area contributed by atoms with Gasteiger partial charge in [-0.2, -0.15) is 0 Å². The van der Waals surface area contributed by atoms with Crippen molar-refractivity contribution in [2.75, 3.05) is 13.1 Å². The fraction of sp³-hybridized carbons (Fsp3) is 0.438. The third kappa shape index (κ3) is 3.99. The van der Waals surface area contributed by atoms with Crippen molar-refractivity contribution in [1.82, 2.24) is 15.2 Å². The van der Waals surface area contributed by atoms with E-state index >= 15 is 0 Å². The summed E-state index contributed by atoms with van der Waals surface area (Å²) in [5, 5.41) is 8.06. The van der Waals surface area contributed by atoms with Crippen LogP contribution in [0.1, 0.15) is 25.8 Å². The van der Waals surface area contributed by atoms with Crippen LogP contribution in [0.5, 0.6) is 0 Å². The van der Waals surface area contributed by atoms with Crippen LogP contribution in [0.4, 0.5) is 0 Å². The van der Waals surface area contributed by atoms with E-state index < -0.39 is 0 Å². The molecule has 21 heavy (non-hydrogen) atoms. The van der Waals surface area contributed by atoms with Gasteiger partial charge in [0.25, 0.3) is 0 Å². The normalized spacial score (nSPS) is 11.0. The maximum absolute atomic E-state index is 11.8. The fourth-order valence-electron chi connectivity index (χ4n) is 2.42. The fourth-order valence-corrected chi connectivity index (χ4v) is 2.59. The molecule has 1 aromatic carbocycles. The number of halogens is 1. The Kier molecular flexibility index (Phi) is 5.65. The number of hydrogen-bond acceptors (Lipinski definition) is 2. The summed E-state index contributed by atoms with van der Waals surface area (Å²) in [7, 11) is 0. The summed E-state index contributed by atoms with van der Waals surface area (Å²) in [5.41, 5.74) is 2.20. The van der Waals surface area contributed by atoms with Crippen molar-refractivity contribution in [3.8, 4) is 0 Å². The number of amides is 1. The third-order valence-electron chi connectivity index (χ3n) is 3.36. The number of benzene rings is 1. The van der Waals surface area contributed by atoms with Crippen LogP contribution in [0.15, 0.2) is 24.4 Å². The minimum Gasteiger partial charge on any atom is -0.355 e. The number of fused-ring (bicyclic) bond motifs is 1. The Morgan fingerprint density at radius 3 is 2.86 bits per heavy atom. The molecule has 0 atom stereocenters. The van der Waals surface area contributed by atoms with Crippen LogP contribution in [-0.4, -0.2) is 23.6 Å². The predicted octanol–water partition coefficient (Wildman–Crippen LogP) is 2.93. The van der Waals surface area contributed by atoms with Crippen molar-refractivity contribution < 1.29 is 4.79 Å². The number of rotatable bonds is 7. The van der Waals surface area contributed by atoms with E-state index in [1.54, 1.807) is 0 Å². The molecule has 0 saturated heterocycles. The SMILES string of the molecule is CCCNCc1cn(CC(=O)NCC)c2cc(Cl)ccc12. The third-order valence-corrected chi connectivity index (χ3v) is 3.59. The molecule has 5 heteroatoms. The largest absolute Gasteiger partial charge is 0.355 e. The molecule has 1 heterocycles. The molecule has 0 unspecified atom stereocenters. The zero-order valence-electron chi connectivity index (χ0n) is 12.6. The van der Waals surface area contributed by atoms with E-state index in [4.69, 9.17) is 11.6 Å². The molecule has 0 aliphatic carbocycles. The minimum absolute atomic E-state index is 0.0162. The average Bonchev–Trinajstić information content (AvgIpc) is 2.77. The maximum Gasteiger partial charge on any atom is 0.239 e. The molecule has 1 amide bonds. The van der Waals surface area contributed by atoms with E-state index in [1.165, 1.54) is 5.56 Å².